The summed E-state index contributed by atoms with van der Waals surface area (Å²) in [6, 6.07) is 19.0. The third kappa shape index (κ3) is 7.79. The zero-order chi connectivity index (χ0) is 29.4. The van der Waals surface area contributed by atoms with E-state index in [-0.39, 0.29) is 6.10 Å². The number of thioether (sulfide) groups is 1. The van der Waals surface area contributed by atoms with Crippen LogP contribution in [0.5, 0.6) is 0 Å². The number of hydrogen-bond acceptors (Lipinski definition) is 10. The SMILES string of the molecule is CO[C@@H]1[C@@H](O[C@@H]2O[C@H](C)[C@@H](N=[N+]=[N-])[C@H](OC)[C@H]2OC(C)=O)[C@@H](OCc2ccccc2)[C@H](Sc2ccccc2)O[C@H]1C. The van der Waals surface area contributed by atoms with Crippen molar-refractivity contribution in [2.45, 2.75) is 92.8 Å². The lowest BCUT2D eigenvalue weighted by atomic mass is 9.96. The molecule has 12 heteroatoms. The summed E-state index contributed by atoms with van der Waals surface area (Å²) in [6.07, 6.45) is -5.71. The molecule has 0 bridgehead atoms. The monoisotopic (exact) mass is 587 g/mol. The van der Waals surface area contributed by atoms with E-state index in [1.165, 1.54) is 25.8 Å². The molecule has 0 aromatic heterocycles. The summed E-state index contributed by atoms with van der Waals surface area (Å²) in [6.45, 7) is 5.26. The molecule has 0 unspecified atom stereocenters. The molecule has 0 spiro atoms. The number of azide groups is 1. The second-order valence-electron chi connectivity index (χ2n) is 9.88. The van der Waals surface area contributed by atoms with Crippen molar-refractivity contribution in [3.05, 3.63) is 76.7 Å². The molecule has 2 aromatic carbocycles. The fraction of sp³-hybridized carbons (Fsp3) is 0.552. The van der Waals surface area contributed by atoms with Crippen LogP contribution in [0.1, 0.15) is 26.3 Å². The van der Waals surface area contributed by atoms with Gasteiger partial charge in [-0.1, -0.05) is 65.4 Å². The lowest BCUT2D eigenvalue weighted by Gasteiger charge is -2.48. The average Bonchev–Trinajstić information content (AvgIpc) is 2.96. The predicted molar refractivity (Wildman–Crippen MR) is 151 cm³/mol. The molecule has 2 saturated heterocycles. The van der Waals surface area contributed by atoms with E-state index in [9.17, 15) is 4.79 Å². The molecule has 10 atom stereocenters. The molecular formula is C29H37N3O8S. The molecule has 2 aliphatic rings. The van der Waals surface area contributed by atoms with Crippen LogP contribution < -0.4 is 0 Å². The molecule has 2 aromatic rings. The van der Waals surface area contributed by atoms with Crippen LogP contribution >= 0.6 is 11.8 Å². The first-order chi connectivity index (χ1) is 19.9. The molecule has 0 N–H and O–H groups in total. The van der Waals surface area contributed by atoms with Crippen LogP contribution in [0.25, 0.3) is 10.4 Å². The first-order valence-electron chi connectivity index (χ1n) is 13.5. The van der Waals surface area contributed by atoms with Gasteiger partial charge in [-0.25, -0.2) is 0 Å². The van der Waals surface area contributed by atoms with E-state index in [2.05, 4.69) is 10.0 Å². The summed E-state index contributed by atoms with van der Waals surface area (Å²) in [5, 5.41) is 3.85. The average molecular weight is 588 g/mol. The van der Waals surface area contributed by atoms with Crippen molar-refractivity contribution in [1.29, 1.82) is 0 Å². The van der Waals surface area contributed by atoms with Crippen molar-refractivity contribution in [2.24, 2.45) is 5.11 Å². The Labute approximate surface area is 244 Å². The number of nitrogens with zero attached hydrogens (tertiary/aromatic N) is 3. The van der Waals surface area contributed by atoms with E-state index in [0.29, 0.717) is 6.61 Å². The van der Waals surface area contributed by atoms with E-state index in [4.69, 9.17) is 38.7 Å². The van der Waals surface area contributed by atoms with Crippen molar-refractivity contribution in [2.75, 3.05) is 14.2 Å². The molecule has 41 heavy (non-hydrogen) atoms. The molecule has 2 heterocycles. The van der Waals surface area contributed by atoms with E-state index in [0.717, 1.165) is 10.5 Å². The highest BCUT2D eigenvalue weighted by molar-refractivity contribution is 7.99. The van der Waals surface area contributed by atoms with Gasteiger partial charge in [-0.15, -0.1) is 0 Å². The van der Waals surface area contributed by atoms with Crippen LogP contribution in [-0.2, 0) is 44.6 Å². The lowest BCUT2D eigenvalue weighted by Crippen LogP contribution is -2.64. The van der Waals surface area contributed by atoms with Crippen molar-refractivity contribution >= 4 is 17.7 Å². The van der Waals surface area contributed by atoms with E-state index < -0.39 is 60.4 Å². The number of methoxy groups -OCH3 is 2. The molecule has 4 rings (SSSR count). The summed E-state index contributed by atoms with van der Waals surface area (Å²) < 4.78 is 43.0. The third-order valence-corrected chi connectivity index (χ3v) is 8.24. The van der Waals surface area contributed by atoms with Gasteiger partial charge < -0.3 is 33.2 Å². The predicted octanol–water partition coefficient (Wildman–Crippen LogP) is 4.88. The summed E-state index contributed by atoms with van der Waals surface area (Å²) in [7, 11) is 3.05. The molecule has 222 valence electrons. The van der Waals surface area contributed by atoms with Crippen molar-refractivity contribution in [1.82, 2.24) is 0 Å². The zero-order valence-corrected chi connectivity index (χ0v) is 24.6. The van der Waals surface area contributed by atoms with Crippen molar-refractivity contribution in [3.63, 3.8) is 0 Å². The number of esters is 1. The lowest BCUT2D eigenvalue weighted by molar-refractivity contribution is -0.326. The number of benzene rings is 2. The van der Waals surface area contributed by atoms with E-state index >= 15 is 0 Å². The minimum absolute atomic E-state index is 0.306. The number of carbonyl (C=O) groups excluding carboxylic acids is 1. The van der Waals surface area contributed by atoms with E-state index in [1.807, 2.05) is 67.6 Å². The van der Waals surface area contributed by atoms with Crippen LogP contribution in [0, 0.1) is 0 Å². The van der Waals surface area contributed by atoms with Gasteiger partial charge in [-0.05, 0) is 37.1 Å². The van der Waals surface area contributed by atoms with Gasteiger partial charge in [0.15, 0.2) is 12.4 Å². The first-order valence-corrected chi connectivity index (χ1v) is 14.3. The maximum absolute atomic E-state index is 12.1. The fourth-order valence-electron chi connectivity index (χ4n) is 5.18. The highest BCUT2D eigenvalue weighted by Gasteiger charge is 2.52. The van der Waals surface area contributed by atoms with Gasteiger partial charge >= 0.3 is 5.97 Å². The largest absolute Gasteiger partial charge is 0.454 e. The van der Waals surface area contributed by atoms with Gasteiger partial charge in [0.25, 0.3) is 0 Å². The Kier molecular flexibility index (Phi) is 11.4. The van der Waals surface area contributed by atoms with Crippen LogP contribution in [0.3, 0.4) is 0 Å². The number of hydrogen-bond donors (Lipinski definition) is 0. The summed E-state index contributed by atoms with van der Waals surface area (Å²) in [4.78, 5) is 16.1. The quantitative estimate of drug-likeness (QED) is 0.156. The van der Waals surface area contributed by atoms with Crippen LogP contribution in [0.4, 0.5) is 0 Å². The zero-order valence-electron chi connectivity index (χ0n) is 23.8. The Hall–Kier alpha value is -2.67. The topological polar surface area (TPSA) is 130 Å². The highest BCUT2D eigenvalue weighted by atomic mass is 32.2. The molecule has 0 radical (unpaired) electrons. The molecule has 11 nitrogen and oxygen atoms in total. The maximum Gasteiger partial charge on any atom is 0.303 e. The molecule has 2 fully saturated rings. The Morgan fingerprint density at radius 1 is 0.902 bits per heavy atom. The van der Waals surface area contributed by atoms with E-state index in [1.54, 1.807) is 14.0 Å². The molecule has 2 aliphatic heterocycles. The molecule has 0 saturated carbocycles. The Bertz CT molecular complexity index is 1160. The Morgan fingerprint density at radius 2 is 1.56 bits per heavy atom. The summed E-state index contributed by atoms with van der Waals surface area (Å²) in [5.41, 5.74) is 9.66. The van der Waals surface area contributed by atoms with Gasteiger partial charge in [-0.3, -0.25) is 4.79 Å². The normalized spacial score (nSPS) is 33.5. The van der Waals surface area contributed by atoms with Crippen LogP contribution in [0.2, 0.25) is 0 Å². The van der Waals surface area contributed by atoms with Gasteiger partial charge in [-0.2, -0.15) is 0 Å². The molecular weight excluding hydrogens is 550 g/mol. The second-order valence-corrected chi connectivity index (χ2v) is 11.1. The minimum atomic E-state index is -1.07. The highest BCUT2D eigenvalue weighted by Crippen LogP contribution is 2.39. The number of rotatable bonds is 11. The summed E-state index contributed by atoms with van der Waals surface area (Å²) in [5.74, 6) is -0.554. The van der Waals surface area contributed by atoms with Crippen LogP contribution in [0.15, 0.2) is 70.7 Å². The van der Waals surface area contributed by atoms with Gasteiger partial charge in [0.2, 0.25) is 0 Å². The first kappa shape index (κ1) is 31.3. The van der Waals surface area contributed by atoms with Gasteiger partial charge in [0, 0.05) is 31.0 Å². The number of ether oxygens (including phenoxy) is 7. The fourth-order valence-corrected chi connectivity index (χ4v) is 6.36. The standard InChI is InChI=1S/C29H37N3O8S/c1-17-22(31-32-30)24(35-5)26(39-19(3)33)28(37-17)40-25-23(34-4)18(2)38-29(41-21-14-10-7-11-15-21)27(25)36-16-20-12-8-6-9-13-20/h6-15,17-18,22-29H,16H2,1-5H3/t17-,18+,22-,23+,24+,25-,26-,27-,28+,29+/m1/s1. The van der Waals surface area contributed by atoms with Gasteiger partial charge in [0.1, 0.15) is 29.9 Å². The Balaban J connectivity index is 1.68. The summed E-state index contributed by atoms with van der Waals surface area (Å²) >= 11 is 1.53. The molecule has 0 amide bonds. The third-order valence-electron chi connectivity index (χ3n) is 7.09. The number of carbonyl (C=O) groups is 1. The smallest absolute Gasteiger partial charge is 0.303 e. The van der Waals surface area contributed by atoms with Crippen LogP contribution in [-0.4, -0.2) is 80.7 Å². The second kappa shape index (κ2) is 15.0. The molecule has 0 aliphatic carbocycles. The minimum Gasteiger partial charge on any atom is -0.454 e. The maximum atomic E-state index is 12.1. The Morgan fingerprint density at radius 3 is 2.17 bits per heavy atom. The van der Waals surface area contributed by atoms with Crippen molar-refractivity contribution < 1.29 is 38.0 Å². The van der Waals surface area contributed by atoms with Crippen molar-refractivity contribution in [3.8, 4) is 0 Å². The van der Waals surface area contributed by atoms with Gasteiger partial charge in [0.05, 0.1) is 24.9 Å².